The lowest BCUT2D eigenvalue weighted by molar-refractivity contribution is 0.0693. The van der Waals surface area contributed by atoms with Gasteiger partial charge in [0.25, 0.3) is 0 Å². The minimum atomic E-state index is -1.05. The molecule has 0 amide bonds. The first-order chi connectivity index (χ1) is 6.18. The van der Waals surface area contributed by atoms with Crippen LogP contribution in [0.4, 0.5) is 0 Å². The number of hydrogen-bond acceptors (Lipinski definition) is 2. The second-order valence-electron chi connectivity index (χ2n) is 2.54. The van der Waals surface area contributed by atoms with Gasteiger partial charge in [0.05, 0.1) is 5.52 Å². The van der Waals surface area contributed by atoms with Crippen LogP contribution in [0.2, 0.25) is 5.02 Å². The van der Waals surface area contributed by atoms with Crippen molar-refractivity contribution in [3.63, 3.8) is 0 Å². The monoisotopic (exact) mass is 232 g/mol. The average Bonchev–Trinajstić information content (AvgIpc) is 2.46. The van der Waals surface area contributed by atoms with E-state index in [9.17, 15) is 4.79 Å². The van der Waals surface area contributed by atoms with Gasteiger partial charge in [0.15, 0.2) is 5.69 Å². The lowest BCUT2D eigenvalue weighted by Crippen LogP contribution is -1.97. The van der Waals surface area contributed by atoms with Gasteiger partial charge in [-0.2, -0.15) is 0 Å². The summed E-state index contributed by atoms with van der Waals surface area (Å²) >= 11 is 5.72. The van der Waals surface area contributed by atoms with Crippen LogP contribution in [0.5, 0.6) is 0 Å². The second-order valence-corrected chi connectivity index (χ2v) is 2.97. The highest BCUT2D eigenvalue weighted by atomic mass is 35.5. The number of rotatable bonds is 1. The number of imidazole rings is 1. The van der Waals surface area contributed by atoms with E-state index in [1.165, 1.54) is 6.33 Å². The highest BCUT2D eigenvalue weighted by Gasteiger charge is 2.11. The minimum Gasteiger partial charge on any atom is -0.476 e. The lowest BCUT2D eigenvalue weighted by atomic mass is 10.3. The summed E-state index contributed by atoms with van der Waals surface area (Å²) in [7, 11) is 0. The Bertz CT molecular complexity index is 481. The fraction of sp³-hybridized carbons (Fsp3) is 0. The molecule has 0 saturated carbocycles. The molecule has 0 spiro atoms. The normalized spacial score (nSPS) is 9.79. The van der Waals surface area contributed by atoms with E-state index in [2.05, 4.69) is 4.98 Å². The Kier molecular flexibility index (Phi) is 2.98. The molecular formula is C8H6Cl2N2O2. The van der Waals surface area contributed by atoms with Gasteiger partial charge in [-0.3, -0.25) is 0 Å². The molecule has 14 heavy (non-hydrogen) atoms. The zero-order valence-corrected chi connectivity index (χ0v) is 8.42. The molecule has 0 aromatic carbocycles. The smallest absolute Gasteiger partial charge is 0.356 e. The number of pyridine rings is 1. The van der Waals surface area contributed by atoms with E-state index >= 15 is 0 Å². The maximum absolute atomic E-state index is 10.7. The molecule has 0 fully saturated rings. The molecule has 6 heteroatoms. The maximum Gasteiger partial charge on any atom is 0.356 e. The Morgan fingerprint density at radius 3 is 2.93 bits per heavy atom. The first-order valence-corrected chi connectivity index (χ1v) is 3.92. The van der Waals surface area contributed by atoms with Crippen LogP contribution >= 0.6 is 24.0 Å². The summed E-state index contributed by atoms with van der Waals surface area (Å²) in [6.45, 7) is 0. The number of halogens is 2. The van der Waals surface area contributed by atoms with Crippen LogP contribution in [-0.2, 0) is 0 Å². The summed E-state index contributed by atoms with van der Waals surface area (Å²) in [4.78, 5) is 14.4. The Labute approximate surface area is 90.5 Å². The predicted octanol–water partition coefficient (Wildman–Crippen LogP) is 2.11. The highest BCUT2D eigenvalue weighted by Crippen LogP contribution is 2.15. The van der Waals surface area contributed by atoms with E-state index < -0.39 is 5.97 Å². The molecule has 0 radical (unpaired) electrons. The third-order valence-corrected chi connectivity index (χ3v) is 1.94. The fourth-order valence-corrected chi connectivity index (χ4v) is 1.29. The van der Waals surface area contributed by atoms with Gasteiger partial charge in [-0.25, -0.2) is 9.78 Å². The predicted molar refractivity (Wildman–Crippen MR) is 54.4 cm³/mol. The molecule has 0 aliphatic carbocycles. The lowest BCUT2D eigenvalue weighted by Gasteiger charge is -1.94. The van der Waals surface area contributed by atoms with Crippen molar-refractivity contribution in [2.45, 2.75) is 0 Å². The van der Waals surface area contributed by atoms with Crippen LogP contribution in [0.15, 0.2) is 24.7 Å². The summed E-state index contributed by atoms with van der Waals surface area (Å²) in [5.41, 5.74) is 0.516. The van der Waals surface area contributed by atoms with Crippen LogP contribution in [0.3, 0.4) is 0 Å². The van der Waals surface area contributed by atoms with E-state index in [0.29, 0.717) is 10.5 Å². The molecule has 4 nitrogen and oxygen atoms in total. The van der Waals surface area contributed by atoms with Gasteiger partial charge in [-0.1, -0.05) is 11.6 Å². The van der Waals surface area contributed by atoms with Gasteiger partial charge in [-0.15, -0.1) is 12.4 Å². The molecule has 0 atom stereocenters. The minimum absolute atomic E-state index is 0. The summed E-state index contributed by atoms with van der Waals surface area (Å²) in [6.07, 6.45) is 3.10. The SMILES string of the molecule is Cl.O=C(O)c1ncn2ccc(Cl)cc12. The van der Waals surface area contributed by atoms with Crippen molar-refractivity contribution in [3.05, 3.63) is 35.4 Å². The van der Waals surface area contributed by atoms with Crippen LogP contribution in [0, 0.1) is 0 Å². The molecule has 0 saturated heterocycles. The van der Waals surface area contributed by atoms with Crippen LogP contribution < -0.4 is 0 Å². The maximum atomic E-state index is 10.7. The number of carbonyl (C=O) groups is 1. The molecule has 2 rings (SSSR count). The number of aromatic nitrogens is 2. The van der Waals surface area contributed by atoms with Crippen molar-refractivity contribution in [1.82, 2.24) is 9.38 Å². The molecule has 0 aliphatic heterocycles. The fourth-order valence-electron chi connectivity index (χ4n) is 1.13. The van der Waals surface area contributed by atoms with Gasteiger partial charge in [0, 0.05) is 11.2 Å². The average molecular weight is 233 g/mol. The molecule has 0 unspecified atom stereocenters. The number of hydrogen-bond donors (Lipinski definition) is 1. The van der Waals surface area contributed by atoms with Crippen LogP contribution in [0.25, 0.3) is 5.52 Å². The molecule has 74 valence electrons. The number of carboxylic acids is 1. The van der Waals surface area contributed by atoms with E-state index in [1.54, 1.807) is 22.7 Å². The van der Waals surface area contributed by atoms with Gasteiger partial charge < -0.3 is 9.51 Å². The zero-order valence-electron chi connectivity index (χ0n) is 6.85. The third-order valence-electron chi connectivity index (χ3n) is 1.70. The first-order valence-electron chi connectivity index (χ1n) is 3.54. The van der Waals surface area contributed by atoms with E-state index in [1.807, 2.05) is 0 Å². The van der Waals surface area contributed by atoms with Crippen molar-refractivity contribution >= 4 is 35.5 Å². The standard InChI is InChI=1S/C8H5ClN2O2.ClH/c9-5-1-2-11-4-10-7(8(12)13)6(11)3-5;/h1-4H,(H,12,13);1H. The van der Waals surface area contributed by atoms with E-state index in [0.717, 1.165) is 0 Å². The summed E-state index contributed by atoms with van der Waals surface area (Å²) in [5, 5.41) is 9.24. The molecule has 1 N–H and O–H groups in total. The van der Waals surface area contributed by atoms with Gasteiger partial charge >= 0.3 is 5.97 Å². The van der Waals surface area contributed by atoms with Crippen molar-refractivity contribution < 1.29 is 9.90 Å². The van der Waals surface area contributed by atoms with Crippen molar-refractivity contribution in [3.8, 4) is 0 Å². The summed E-state index contributed by atoms with van der Waals surface area (Å²) in [6, 6.07) is 3.24. The van der Waals surface area contributed by atoms with Gasteiger partial charge in [0.1, 0.15) is 6.33 Å². The number of aromatic carboxylic acids is 1. The van der Waals surface area contributed by atoms with Crippen molar-refractivity contribution in [1.29, 1.82) is 0 Å². The molecule has 2 heterocycles. The van der Waals surface area contributed by atoms with Gasteiger partial charge in [-0.05, 0) is 12.1 Å². The van der Waals surface area contributed by atoms with Crippen molar-refractivity contribution in [2.75, 3.05) is 0 Å². The van der Waals surface area contributed by atoms with E-state index in [4.69, 9.17) is 16.7 Å². The Morgan fingerprint density at radius 1 is 1.57 bits per heavy atom. The molecule has 2 aromatic rings. The topological polar surface area (TPSA) is 54.6 Å². The second kappa shape index (κ2) is 3.86. The quantitative estimate of drug-likeness (QED) is 0.820. The van der Waals surface area contributed by atoms with Crippen LogP contribution in [0.1, 0.15) is 10.5 Å². The third kappa shape index (κ3) is 1.66. The summed E-state index contributed by atoms with van der Waals surface area (Å²) < 4.78 is 1.61. The number of fused-ring (bicyclic) bond motifs is 1. The Balaban J connectivity index is 0.000000980. The molecular weight excluding hydrogens is 227 g/mol. The largest absolute Gasteiger partial charge is 0.476 e. The Hall–Kier alpha value is -1.26. The van der Waals surface area contributed by atoms with Crippen LogP contribution in [-0.4, -0.2) is 20.5 Å². The van der Waals surface area contributed by atoms with Crippen molar-refractivity contribution in [2.24, 2.45) is 0 Å². The molecule has 0 bridgehead atoms. The van der Waals surface area contributed by atoms with Gasteiger partial charge in [0.2, 0.25) is 0 Å². The zero-order chi connectivity index (χ0) is 9.42. The molecule has 2 aromatic heterocycles. The first kappa shape index (κ1) is 10.8. The molecule has 0 aliphatic rings. The number of nitrogens with zero attached hydrogens (tertiary/aromatic N) is 2. The summed E-state index contributed by atoms with van der Waals surface area (Å²) in [5.74, 6) is -1.05. The van der Waals surface area contributed by atoms with E-state index in [-0.39, 0.29) is 18.1 Å². The number of carboxylic acid groups (broad SMARTS) is 1. The highest BCUT2D eigenvalue weighted by molar-refractivity contribution is 6.31. The Morgan fingerprint density at radius 2 is 2.29 bits per heavy atom.